The molecule has 4 heteroatoms. The molecule has 3 atom stereocenters. The number of carbonyl (C=O) groups is 1. The second-order valence-corrected chi connectivity index (χ2v) is 8.43. The van der Waals surface area contributed by atoms with Gasteiger partial charge in [-0.1, -0.05) is 86.7 Å². The molecule has 150 valence electrons. The van der Waals surface area contributed by atoms with Crippen LogP contribution in [-0.4, -0.2) is 28.8 Å². The molecule has 2 aliphatic rings. The average Bonchev–Trinajstić information content (AvgIpc) is 3.12. The van der Waals surface area contributed by atoms with E-state index in [2.05, 4.69) is 45.1 Å². The summed E-state index contributed by atoms with van der Waals surface area (Å²) in [6.45, 7) is 6.78. The summed E-state index contributed by atoms with van der Waals surface area (Å²) in [5, 5.41) is 0. The van der Waals surface area contributed by atoms with Gasteiger partial charge < -0.3 is 4.74 Å². The van der Waals surface area contributed by atoms with E-state index in [1.165, 1.54) is 11.3 Å². The average molecular weight is 389 g/mol. The van der Waals surface area contributed by atoms with Crippen molar-refractivity contribution in [3.63, 3.8) is 0 Å². The van der Waals surface area contributed by atoms with Crippen molar-refractivity contribution in [2.75, 3.05) is 0 Å². The van der Waals surface area contributed by atoms with Crippen LogP contribution in [0.1, 0.15) is 44.4 Å². The molecule has 0 radical (unpaired) electrons. The van der Waals surface area contributed by atoms with E-state index >= 15 is 0 Å². The molecule has 4 rings (SSSR count). The molecule has 1 fully saturated rings. The minimum absolute atomic E-state index is 0.0121. The molecule has 29 heavy (non-hydrogen) atoms. The molecule has 0 N–H and O–H groups in total. The van der Waals surface area contributed by atoms with Gasteiger partial charge >= 0.3 is 6.09 Å². The summed E-state index contributed by atoms with van der Waals surface area (Å²) in [4.78, 5) is 19.9. The Hall–Kier alpha value is -2.88. The van der Waals surface area contributed by atoms with Crippen LogP contribution in [0.4, 0.5) is 4.79 Å². The zero-order valence-corrected chi connectivity index (χ0v) is 17.3. The number of benzene rings is 2. The van der Waals surface area contributed by atoms with Crippen molar-refractivity contribution in [3.05, 3.63) is 83.9 Å². The fraction of sp³-hybridized carbons (Fsp3) is 0.360. The summed E-state index contributed by atoms with van der Waals surface area (Å²) in [5.41, 5.74) is 3.14. The lowest BCUT2D eigenvalue weighted by Crippen LogP contribution is -2.56. The molecule has 2 aliphatic heterocycles. The highest BCUT2D eigenvalue weighted by Crippen LogP contribution is 2.42. The number of hydrogen-bond acceptors (Lipinski definition) is 3. The highest BCUT2D eigenvalue weighted by Gasteiger charge is 2.50. The molecule has 0 saturated carbocycles. The van der Waals surface area contributed by atoms with Crippen LogP contribution in [0.2, 0.25) is 0 Å². The minimum Gasteiger partial charge on any atom is -0.445 e. The van der Waals surface area contributed by atoms with Crippen LogP contribution in [0.5, 0.6) is 0 Å². The number of piperidine rings is 1. The third-order valence-corrected chi connectivity index (χ3v) is 6.11. The van der Waals surface area contributed by atoms with Crippen LogP contribution >= 0.6 is 0 Å². The Morgan fingerprint density at radius 1 is 1.10 bits per heavy atom. The lowest BCUT2D eigenvalue weighted by atomic mass is 9.75. The van der Waals surface area contributed by atoms with Gasteiger partial charge in [-0.05, 0) is 18.1 Å². The van der Waals surface area contributed by atoms with Gasteiger partial charge in [-0.15, -0.1) is 0 Å². The Balaban J connectivity index is 1.49. The van der Waals surface area contributed by atoms with Crippen molar-refractivity contribution in [2.45, 2.75) is 51.9 Å². The maximum absolute atomic E-state index is 12.9. The van der Waals surface area contributed by atoms with Crippen molar-refractivity contribution >= 4 is 11.8 Å². The van der Waals surface area contributed by atoms with Crippen molar-refractivity contribution in [1.82, 2.24) is 4.90 Å². The van der Waals surface area contributed by atoms with Crippen LogP contribution in [0.15, 0.2) is 77.8 Å². The first-order chi connectivity index (χ1) is 14.0. The summed E-state index contributed by atoms with van der Waals surface area (Å²) in [7, 11) is 0. The quantitative estimate of drug-likeness (QED) is 0.643. The molecule has 0 aliphatic carbocycles. The lowest BCUT2D eigenvalue weighted by Gasteiger charge is -2.45. The van der Waals surface area contributed by atoms with Crippen molar-refractivity contribution in [1.29, 1.82) is 0 Å². The fourth-order valence-electron chi connectivity index (χ4n) is 4.31. The number of ether oxygens (including phenoxy) is 1. The summed E-state index contributed by atoms with van der Waals surface area (Å²) >= 11 is 0. The molecule has 0 spiro atoms. The predicted octanol–water partition coefficient (Wildman–Crippen LogP) is 5.56. The normalized spacial score (nSPS) is 24.5. The zero-order chi connectivity index (χ0) is 20.4. The first-order valence-corrected chi connectivity index (χ1v) is 10.3. The second kappa shape index (κ2) is 7.86. The Kier molecular flexibility index (Phi) is 5.27. The zero-order valence-electron chi connectivity index (χ0n) is 17.3. The van der Waals surface area contributed by atoms with Gasteiger partial charge in [0.25, 0.3) is 0 Å². The van der Waals surface area contributed by atoms with E-state index < -0.39 is 0 Å². The van der Waals surface area contributed by atoms with Crippen LogP contribution in [-0.2, 0) is 11.3 Å². The van der Waals surface area contributed by atoms with Crippen LogP contribution in [0.25, 0.3) is 0 Å². The SMILES string of the molecule is C[C@H](N=C1C[C@@H]2C=C[C@@H](N2C(=O)OCc2ccccc2)C1(C)C)c1ccccc1. The molecule has 0 unspecified atom stereocenters. The van der Waals surface area contributed by atoms with Crippen LogP contribution < -0.4 is 0 Å². The van der Waals surface area contributed by atoms with E-state index in [0.29, 0.717) is 6.61 Å². The third-order valence-electron chi connectivity index (χ3n) is 6.11. The number of amides is 1. The molecule has 2 bridgehead atoms. The Bertz CT molecular complexity index is 918. The highest BCUT2D eigenvalue weighted by molar-refractivity contribution is 5.94. The number of aliphatic imine (C=N–C) groups is 1. The van der Waals surface area contributed by atoms with Crippen LogP contribution in [0.3, 0.4) is 0 Å². The van der Waals surface area contributed by atoms with E-state index in [-0.39, 0.29) is 29.6 Å². The smallest absolute Gasteiger partial charge is 0.411 e. The first-order valence-electron chi connectivity index (χ1n) is 10.3. The van der Waals surface area contributed by atoms with E-state index in [9.17, 15) is 4.79 Å². The standard InChI is InChI=1S/C25H28N2O2/c1-18(20-12-8-5-9-13-20)26-22-16-21-14-15-23(25(22,2)3)27(21)24(28)29-17-19-10-6-4-7-11-19/h4-15,18,21,23H,16-17H2,1-3H3/t18-,21-,23+/m0/s1. The van der Waals surface area contributed by atoms with E-state index in [0.717, 1.165) is 12.0 Å². The predicted molar refractivity (Wildman–Crippen MR) is 116 cm³/mol. The second-order valence-electron chi connectivity index (χ2n) is 8.43. The summed E-state index contributed by atoms with van der Waals surface area (Å²) in [6.07, 6.45) is 4.77. The maximum atomic E-state index is 12.9. The number of hydrogen-bond donors (Lipinski definition) is 0. The molecule has 0 aromatic heterocycles. The number of fused-ring (bicyclic) bond motifs is 2. The number of nitrogens with zero attached hydrogens (tertiary/aromatic N) is 2. The largest absolute Gasteiger partial charge is 0.445 e. The van der Waals surface area contributed by atoms with Gasteiger partial charge in [0.15, 0.2) is 0 Å². The van der Waals surface area contributed by atoms with Crippen molar-refractivity contribution in [2.24, 2.45) is 10.4 Å². The van der Waals surface area contributed by atoms with E-state index in [1.807, 2.05) is 53.4 Å². The molecular formula is C25H28N2O2. The van der Waals surface area contributed by atoms with E-state index in [4.69, 9.17) is 9.73 Å². The molecule has 2 aromatic carbocycles. The Morgan fingerprint density at radius 2 is 1.76 bits per heavy atom. The fourth-order valence-corrected chi connectivity index (χ4v) is 4.31. The van der Waals surface area contributed by atoms with Gasteiger partial charge in [-0.25, -0.2) is 4.79 Å². The molecule has 4 nitrogen and oxygen atoms in total. The molecule has 1 saturated heterocycles. The monoisotopic (exact) mass is 388 g/mol. The molecule has 2 aromatic rings. The van der Waals surface area contributed by atoms with Gasteiger partial charge in [-0.3, -0.25) is 9.89 Å². The number of rotatable bonds is 4. The minimum atomic E-state index is -0.253. The summed E-state index contributed by atoms with van der Waals surface area (Å²) in [5.74, 6) is 0. The first kappa shape index (κ1) is 19.4. The molecule has 2 heterocycles. The maximum Gasteiger partial charge on any atom is 0.411 e. The van der Waals surface area contributed by atoms with Gasteiger partial charge in [0, 0.05) is 17.5 Å². The van der Waals surface area contributed by atoms with Crippen LogP contribution in [0, 0.1) is 5.41 Å². The highest BCUT2D eigenvalue weighted by atomic mass is 16.6. The van der Waals surface area contributed by atoms with E-state index in [1.54, 1.807) is 0 Å². The molecule has 1 amide bonds. The van der Waals surface area contributed by atoms with Gasteiger partial charge in [0.05, 0.1) is 18.1 Å². The van der Waals surface area contributed by atoms with Gasteiger partial charge in [-0.2, -0.15) is 0 Å². The summed E-state index contributed by atoms with van der Waals surface area (Å²) in [6, 6.07) is 20.2. The van der Waals surface area contributed by atoms with Crippen molar-refractivity contribution in [3.8, 4) is 0 Å². The van der Waals surface area contributed by atoms with Crippen molar-refractivity contribution < 1.29 is 9.53 Å². The topological polar surface area (TPSA) is 41.9 Å². The Morgan fingerprint density at radius 3 is 2.45 bits per heavy atom. The number of carbonyl (C=O) groups excluding carboxylic acids is 1. The van der Waals surface area contributed by atoms with Gasteiger partial charge in [0.2, 0.25) is 0 Å². The Labute approximate surface area is 172 Å². The third kappa shape index (κ3) is 3.84. The molecular weight excluding hydrogens is 360 g/mol. The van der Waals surface area contributed by atoms with Gasteiger partial charge in [0.1, 0.15) is 6.61 Å². The summed E-state index contributed by atoms with van der Waals surface area (Å²) < 4.78 is 5.63. The lowest BCUT2D eigenvalue weighted by molar-refractivity contribution is 0.0619.